The average Bonchev–Trinajstić information content (AvgIpc) is 3.06. The second-order valence-electron chi connectivity index (χ2n) is 5.23. The largest absolute Gasteiger partial charge is 0.394 e. The Kier molecular flexibility index (Phi) is 6.16. The Hall–Kier alpha value is 0.270. The van der Waals surface area contributed by atoms with Crippen LogP contribution in [-0.2, 0) is 0 Å². The van der Waals surface area contributed by atoms with E-state index in [1.807, 2.05) is 11.8 Å². The van der Waals surface area contributed by atoms with Crippen molar-refractivity contribution < 1.29 is 5.11 Å². The number of thioether (sulfide) groups is 1. The summed E-state index contributed by atoms with van der Waals surface area (Å²) >= 11 is 2.02. The summed E-state index contributed by atoms with van der Waals surface area (Å²) in [5, 5.41) is 13.9. The second kappa shape index (κ2) is 6.87. The lowest BCUT2D eigenvalue weighted by Gasteiger charge is -2.32. The van der Waals surface area contributed by atoms with Crippen molar-refractivity contribution >= 4 is 11.8 Å². The van der Waals surface area contributed by atoms with Crippen LogP contribution in [0, 0.1) is 0 Å². The number of aliphatic hydroxyl groups is 1. The van der Waals surface area contributed by atoms with Crippen LogP contribution in [0.1, 0.15) is 52.9 Å². The summed E-state index contributed by atoms with van der Waals surface area (Å²) in [6.45, 7) is 6.95. The maximum atomic E-state index is 9.59. The summed E-state index contributed by atoms with van der Waals surface area (Å²) in [7, 11) is 0. The highest BCUT2D eigenvalue weighted by Crippen LogP contribution is 2.27. The molecular weight excluding hydrogens is 218 g/mol. The molecule has 1 saturated carbocycles. The first-order chi connectivity index (χ1) is 7.62. The molecule has 0 heterocycles. The highest BCUT2D eigenvalue weighted by atomic mass is 32.2. The number of hydrogen-bond donors (Lipinski definition) is 2. The van der Waals surface area contributed by atoms with Crippen molar-refractivity contribution in [3.05, 3.63) is 0 Å². The van der Waals surface area contributed by atoms with E-state index in [1.165, 1.54) is 25.0 Å². The van der Waals surface area contributed by atoms with Crippen molar-refractivity contribution in [3.63, 3.8) is 0 Å². The smallest absolute Gasteiger partial charge is 0.0613 e. The Morgan fingerprint density at radius 2 is 2.12 bits per heavy atom. The van der Waals surface area contributed by atoms with Crippen LogP contribution in [-0.4, -0.2) is 34.3 Å². The normalized spacial score (nSPS) is 20.1. The lowest BCUT2D eigenvalue weighted by atomic mass is 9.91. The molecule has 0 aromatic heterocycles. The zero-order valence-electron chi connectivity index (χ0n) is 11.0. The maximum absolute atomic E-state index is 9.59. The third kappa shape index (κ3) is 5.07. The average molecular weight is 245 g/mol. The number of rotatable bonds is 9. The Balaban J connectivity index is 2.25. The van der Waals surface area contributed by atoms with Gasteiger partial charge in [0, 0.05) is 11.6 Å². The Morgan fingerprint density at radius 3 is 2.56 bits per heavy atom. The van der Waals surface area contributed by atoms with Crippen LogP contribution in [0.5, 0.6) is 0 Å². The molecule has 1 atom stereocenters. The molecule has 16 heavy (non-hydrogen) atoms. The fourth-order valence-electron chi connectivity index (χ4n) is 1.98. The molecule has 1 unspecified atom stereocenters. The quantitative estimate of drug-likeness (QED) is 0.613. The van der Waals surface area contributed by atoms with Crippen LogP contribution in [0.2, 0.25) is 0 Å². The minimum atomic E-state index is -0.00128. The van der Waals surface area contributed by atoms with Gasteiger partial charge in [-0.15, -0.1) is 0 Å². The lowest BCUT2D eigenvalue weighted by molar-refractivity contribution is 0.144. The molecule has 2 nitrogen and oxygen atoms in total. The minimum Gasteiger partial charge on any atom is -0.394 e. The molecule has 2 N–H and O–H groups in total. The Bertz CT molecular complexity index is 188. The van der Waals surface area contributed by atoms with E-state index in [9.17, 15) is 5.11 Å². The molecule has 0 amide bonds. The number of aliphatic hydroxyl groups excluding tert-OH is 1. The van der Waals surface area contributed by atoms with Crippen LogP contribution in [0.3, 0.4) is 0 Å². The molecule has 0 spiro atoms. The zero-order chi connectivity index (χ0) is 12.0. The van der Waals surface area contributed by atoms with Crippen LogP contribution in [0.15, 0.2) is 0 Å². The number of nitrogens with one attached hydrogen (secondary N) is 1. The second-order valence-corrected chi connectivity index (χ2v) is 6.92. The molecule has 1 aliphatic carbocycles. The molecule has 1 fully saturated rings. The van der Waals surface area contributed by atoms with Crippen LogP contribution < -0.4 is 5.32 Å². The SMILES string of the molecule is CCC(CO)(CCCSC(C)C)NC1CC1. The number of hydrogen-bond acceptors (Lipinski definition) is 3. The van der Waals surface area contributed by atoms with Crippen molar-refractivity contribution in [2.24, 2.45) is 0 Å². The van der Waals surface area contributed by atoms with Gasteiger partial charge in [0.1, 0.15) is 0 Å². The molecule has 0 aromatic carbocycles. The van der Waals surface area contributed by atoms with E-state index in [0.29, 0.717) is 6.04 Å². The van der Waals surface area contributed by atoms with Gasteiger partial charge in [-0.25, -0.2) is 0 Å². The zero-order valence-corrected chi connectivity index (χ0v) is 11.8. The Morgan fingerprint density at radius 1 is 1.44 bits per heavy atom. The summed E-state index contributed by atoms with van der Waals surface area (Å²) in [6, 6.07) is 0.685. The van der Waals surface area contributed by atoms with Gasteiger partial charge in [-0.05, 0) is 43.1 Å². The molecule has 1 rings (SSSR count). The lowest BCUT2D eigenvalue weighted by Crippen LogP contribution is -2.49. The third-order valence-electron chi connectivity index (χ3n) is 3.32. The predicted octanol–water partition coefficient (Wildman–Crippen LogP) is 2.80. The molecule has 0 bridgehead atoms. The highest BCUT2D eigenvalue weighted by molar-refractivity contribution is 7.99. The van der Waals surface area contributed by atoms with Crippen molar-refractivity contribution in [1.82, 2.24) is 5.32 Å². The van der Waals surface area contributed by atoms with Crippen LogP contribution in [0.25, 0.3) is 0 Å². The fraction of sp³-hybridized carbons (Fsp3) is 1.00. The van der Waals surface area contributed by atoms with E-state index in [-0.39, 0.29) is 12.1 Å². The Labute approximate surface area is 105 Å². The van der Waals surface area contributed by atoms with Crippen molar-refractivity contribution in [3.8, 4) is 0 Å². The van der Waals surface area contributed by atoms with E-state index in [0.717, 1.165) is 18.1 Å². The standard InChI is InChI=1S/C13H27NOS/c1-4-13(10-15,14-12-6-7-12)8-5-9-16-11(2)3/h11-12,14-15H,4-10H2,1-3H3. The molecule has 0 radical (unpaired) electrons. The van der Waals surface area contributed by atoms with E-state index in [2.05, 4.69) is 26.1 Å². The maximum Gasteiger partial charge on any atom is 0.0613 e. The van der Waals surface area contributed by atoms with E-state index in [4.69, 9.17) is 0 Å². The van der Waals surface area contributed by atoms with E-state index in [1.54, 1.807) is 0 Å². The van der Waals surface area contributed by atoms with E-state index >= 15 is 0 Å². The predicted molar refractivity (Wildman–Crippen MR) is 73.1 cm³/mol. The first-order valence-corrected chi connectivity index (χ1v) is 7.67. The van der Waals surface area contributed by atoms with Gasteiger partial charge in [-0.2, -0.15) is 11.8 Å². The monoisotopic (exact) mass is 245 g/mol. The molecular formula is C13H27NOS. The molecule has 96 valence electrons. The first kappa shape index (κ1) is 14.3. The summed E-state index contributed by atoms with van der Waals surface area (Å²) in [5.41, 5.74) is -0.00128. The molecule has 0 aliphatic heterocycles. The van der Waals surface area contributed by atoms with Gasteiger partial charge in [-0.1, -0.05) is 20.8 Å². The summed E-state index contributed by atoms with van der Waals surface area (Å²) in [4.78, 5) is 0. The summed E-state index contributed by atoms with van der Waals surface area (Å²) < 4.78 is 0. The van der Waals surface area contributed by atoms with Crippen LogP contribution in [0.4, 0.5) is 0 Å². The minimum absolute atomic E-state index is 0.00128. The fourth-order valence-corrected chi connectivity index (χ4v) is 2.76. The topological polar surface area (TPSA) is 32.3 Å². The van der Waals surface area contributed by atoms with Gasteiger partial charge < -0.3 is 10.4 Å². The van der Waals surface area contributed by atoms with Gasteiger partial charge in [0.15, 0.2) is 0 Å². The van der Waals surface area contributed by atoms with Crippen molar-refractivity contribution in [1.29, 1.82) is 0 Å². The molecule has 0 aromatic rings. The molecule has 3 heteroatoms. The van der Waals surface area contributed by atoms with Gasteiger partial charge in [-0.3, -0.25) is 0 Å². The van der Waals surface area contributed by atoms with Crippen molar-refractivity contribution in [2.45, 2.75) is 69.7 Å². The van der Waals surface area contributed by atoms with Gasteiger partial charge in [0.25, 0.3) is 0 Å². The third-order valence-corrected chi connectivity index (χ3v) is 4.51. The first-order valence-electron chi connectivity index (χ1n) is 6.62. The highest BCUT2D eigenvalue weighted by Gasteiger charge is 2.33. The summed E-state index contributed by atoms with van der Waals surface area (Å²) in [6.07, 6.45) is 5.94. The van der Waals surface area contributed by atoms with E-state index < -0.39 is 0 Å². The molecule has 0 saturated heterocycles. The molecule has 1 aliphatic rings. The van der Waals surface area contributed by atoms with Gasteiger partial charge in [0.2, 0.25) is 0 Å². The summed E-state index contributed by atoms with van der Waals surface area (Å²) in [5.74, 6) is 1.21. The van der Waals surface area contributed by atoms with Gasteiger partial charge >= 0.3 is 0 Å². The van der Waals surface area contributed by atoms with Gasteiger partial charge in [0.05, 0.1) is 6.61 Å². The van der Waals surface area contributed by atoms with Crippen molar-refractivity contribution in [2.75, 3.05) is 12.4 Å². The van der Waals surface area contributed by atoms with Crippen LogP contribution >= 0.6 is 11.8 Å².